The summed E-state index contributed by atoms with van der Waals surface area (Å²) in [7, 11) is 1.26. The first-order chi connectivity index (χ1) is 12.2. The minimum Gasteiger partial charge on any atom is -0.465 e. The number of anilines is 1. The lowest BCUT2D eigenvalue weighted by Crippen LogP contribution is -2.16. The molecule has 0 bridgehead atoms. The molecule has 0 atom stereocenters. The van der Waals surface area contributed by atoms with Crippen LogP contribution in [0.15, 0.2) is 41.6 Å². The Balaban J connectivity index is 1.98. The number of rotatable bonds is 5. The molecule has 0 spiro atoms. The van der Waals surface area contributed by atoms with Crippen LogP contribution in [0.2, 0.25) is 0 Å². The number of thioether (sulfide) groups is 1. The SMILES string of the molecule is COC(=O)c1cccc(NC(=O)CSc2ccc(C(F)(F)F)cn2)c1C. The average molecular weight is 384 g/mol. The van der Waals surface area contributed by atoms with Crippen LogP contribution >= 0.6 is 11.8 Å². The van der Waals surface area contributed by atoms with Gasteiger partial charge in [0, 0.05) is 11.9 Å². The molecule has 1 amide bonds. The van der Waals surface area contributed by atoms with Gasteiger partial charge in [0.15, 0.2) is 0 Å². The Morgan fingerprint density at radius 3 is 2.54 bits per heavy atom. The summed E-state index contributed by atoms with van der Waals surface area (Å²) in [5, 5.41) is 2.96. The lowest BCUT2D eigenvalue weighted by molar-refractivity contribution is -0.137. The molecule has 9 heteroatoms. The first kappa shape index (κ1) is 19.8. The zero-order valence-corrected chi connectivity index (χ0v) is 14.7. The highest BCUT2D eigenvalue weighted by atomic mass is 32.2. The molecule has 1 N–H and O–H groups in total. The Bertz CT molecular complexity index is 808. The summed E-state index contributed by atoms with van der Waals surface area (Å²) >= 11 is 1.01. The van der Waals surface area contributed by atoms with Crippen LogP contribution in [0.4, 0.5) is 18.9 Å². The highest BCUT2D eigenvalue weighted by Crippen LogP contribution is 2.29. The molecular weight excluding hydrogens is 369 g/mol. The molecule has 138 valence electrons. The summed E-state index contributed by atoms with van der Waals surface area (Å²) in [5.74, 6) is -0.927. The van der Waals surface area contributed by atoms with Gasteiger partial charge in [-0.05, 0) is 36.8 Å². The van der Waals surface area contributed by atoms with Gasteiger partial charge in [-0.25, -0.2) is 9.78 Å². The summed E-state index contributed by atoms with van der Waals surface area (Å²) in [5.41, 5.74) is 0.508. The van der Waals surface area contributed by atoms with Crippen LogP contribution in [0.5, 0.6) is 0 Å². The Morgan fingerprint density at radius 2 is 1.96 bits per heavy atom. The van der Waals surface area contributed by atoms with Crippen molar-refractivity contribution in [2.24, 2.45) is 0 Å². The van der Waals surface area contributed by atoms with E-state index in [9.17, 15) is 22.8 Å². The van der Waals surface area contributed by atoms with Gasteiger partial charge in [0.05, 0.1) is 29.0 Å². The molecule has 2 rings (SSSR count). The molecule has 2 aromatic rings. The molecular formula is C17H15F3N2O3S. The Morgan fingerprint density at radius 1 is 1.23 bits per heavy atom. The number of benzene rings is 1. The van der Waals surface area contributed by atoms with Gasteiger partial charge in [-0.3, -0.25) is 4.79 Å². The minimum absolute atomic E-state index is 0.0414. The van der Waals surface area contributed by atoms with Crippen LogP contribution in [0.1, 0.15) is 21.5 Å². The number of alkyl halides is 3. The number of amides is 1. The van der Waals surface area contributed by atoms with Crippen LogP contribution in [-0.2, 0) is 15.7 Å². The molecule has 1 aromatic carbocycles. The van der Waals surface area contributed by atoms with Crippen molar-refractivity contribution in [3.05, 3.63) is 53.2 Å². The third kappa shape index (κ3) is 4.98. The van der Waals surface area contributed by atoms with Crippen molar-refractivity contribution in [2.75, 3.05) is 18.2 Å². The van der Waals surface area contributed by atoms with Gasteiger partial charge in [0.2, 0.25) is 5.91 Å². The lowest BCUT2D eigenvalue weighted by Gasteiger charge is -2.11. The predicted octanol–water partition coefficient (Wildman–Crippen LogP) is 3.93. The molecule has 1 aromatic heterocycles. The highest BCUT2D eigenvalue weighted by molar-refractivity contribution is 7.99. The van der Waals surface area contributed by atoms with Gasteiger partial charge >= 0.3 is 12.1 Å². The zero-order chi connectivity index (χ0) is 19.3. The van der Waals surface area contributed by atoms with E-state index in [4.69, 9.17) is 0 Å². The number of hydrogen-bond acceptors (Lipinski definition) is 5. The number of methoxy groups -OCH3 is 1. The predicted molar refractivity (Wildman–Crippen MR) is 91.1 cm³/mol. The van der Waals surface area contributed by atoms with Crippen molar-refractivity contribution in [3.8, 4) is 0 Å². The first-order valence-corrected chi connectivity index (χ1v) is 8.34. The van der Waals surface area contributed by atoms with Crippen LogP contribution < -0.4 is 5.32 Å². The number of halogens is 3. The van der Waals surface area contributed by atoms with Crippen molar-refractivity contribution in [1.82, 2.24) is 4.98 Å². The van der Waals surface area contributed by atoms with Crippen molar-refractivity contribution < 1.29 is 27.5 Å². The second kappa shape index (κ2) is 8.22. The van der Waals surface area contributed by atoms with Crippen LogP contribution in [0.25, 0.3) is 0 Å². The molecule has 0 aliphatic carbocycles. The maximum atomic E-state index is 12.5. The topological polar surface area (TPSA) is 68.3 Å². The second-order valence-electron chi connectivity index (χ2n) is 5.19. The quantitative estimate of drug-likeness (QED) is 0.625. The molecule has 26 heavy (non-hydrogen) atoms. The van der Waals surface area contributed by atoms with Gasteiger partial charge in [0.25, 0.3) is 0 Å². The number of nitrogens with one attached hydrogen (secondary N) is 1. The van der Waals surface area contributed by atoms with Crippen molar-refractivity contribution >= 4 is 29.3 Å². The van der Waals surface area contributed by atoms with Gasteiger partial charge in [-0.15, -0.1) is 0 Å². The molecule has 0 unspecified atom stereocenters. The second-order valence-corrected chi connectivity index (χ2v) is 6.19. The van der Waals surface area contributed by atoms with Gasteiger partial charge in [-0.1, -0.05) is 17.8 Å². The molecule has 0 aliphatic rings. The van der Waals surface area contributed by atoms with E-state index in [0.29, 0.717) is 21.8 Å². The maximum Gasteiger partial charge on any atom is 0.417 e. The van der Waals surface area contributed by atoms with E-state index in [-0.39, 0.29) is 11.7 Å². The van der Waals surface area contributed by atoms with Crippen molar-refractivity contribution in [2.45, 2.75) is 18.1 Å². The summed E-state index contributed by atoms with van der Waals surface area (Å²) in [6, 6.07) is 6.96. The minimum atomic E-state index is -4.45. The Hall–Kier alpha value is -2.55. The summed E-state index contributed by atoms with van der Waals surface area (Å²) in [4.78, 5) is 27.4. The number of carbonyl (C=O) groups is 2. The van der Waals surface area contributed by atoms with E-state index in [1.165, 1.54) is 13.2 Å². The number of ether oxygens (including phenoxy) is 1. The Labute approximate surface area is 152 Å². The van der Waals surface area contributed by atoms with E-state index in [2.05, 4.69) is 15.0 Å². The number of hydrogen-bond donors (Lipinski definition) is 1. The Kier molecular flexibility index (Phi) is 6.25. The number of carbonyl (C=O) groups excluding carboxylic acids is 2. The van der Waals surface area contributed by atoms with Crippen LogP contribution in [0, 0.1) is 6.92 Å². The molecule has 0 saturated carbocycles. The van der Waals surface area contributed by atoms with E-state index in [0.717, 1.165) is 24.0 Å². The molecule has 0 fully saturated rings. The summed E-state index contributed by atoms with van der Waals surface area (Å²) in [6.07, 6.45) is -3.72. The average Bonchev–Trinajstić information content (AvgIpc) is 2.60. The lowest BCUT2D eigenvalue weighted by atomic mass is 10.1. The van der Waals surface area contributed by atoms with Crippen LogP contribution in [-0.4, -0.2) is 29.7 Å². The van der Waals surface area contributed by atoms with Gasteiger partial charge in [0.1, 0.15) is 0 Å². The van der Waals surface area contributed by atoms with Crippen molar-refractivity contribution in [3.63, 3.8) is 0 Å². The third-order valence-corrected chi connectivity index (χ3v) is 4.37. The molecule has 1 heterocycles. The van der Waals surface area contributed by atoms with E-state index in [1.54, 1.807) is 25.1 Å². The smallest absolute Gasteiger partial charge is 0.417 e. The van der Waals surface area contributed by atoms with Gasteiger partial charge < -0.3 is 10.1 Å². The largest absolute Gasteiger partial charge is 0.465 e. The first-order valence-electron chi connectivity index (χ1n) is 7.36. The van der Waals surface area contributed by atoms with E-state index in [1.807, 2.05) is 0 Å². The fourth-order valence-electron chi connectivity index (χ4n) is 2.06. The number of aromatic nitrogens is 1. The molecule has 0 radical (unpaired) electrons. The normalized spacial score (nSPS) is 11.1. The summed E-state index contributed by atoms with van der Waals surface area (Å²) in [6.45, 7) is 1.67. The highest BCUT2D eigenvalue weighted by Gasteiger charge is 2.30. The fraction of sp³-hybridized carbons (Fsp3) is 0.235. The summed E-state index contributed by atoms with van der Waals surface area (Å²) < 4.78 is 42.1. The van der Waals surface area contributed by atoms with Gasteiger partial charge in [-0.2, -0.15) is 13.2 Å². The molecule has 0 aliphatic heterocycles. The van der Waals surface area contributed by atoms with E-state index >= 15 is 0 Å². The number of esters is 1. The molecule has 5 nitrogen and oxygen atoms in total. The van der Waals surface area contributed by atoms with Crippen LogP contribution in [0.3, 0.4) is 0 Å². The zero-order valence-electron chi connectivity index (χ0n) is 13.9. The van der Waals surface area contributed by atoms with E-state index < -0.39 is 17.7 Å². The fourth-order valence-corrected chi connectivity index (χ4v) is 2.70. The molecule has 0 saturated heterocycles. The monoisotopic (exact) mass is 384 g/mol. The van der Waals surface area contributed by atoms with Crippen molar-refractivity contribution in [1.29, 1.82) is 0 Å². The number of pyridine rings is 1. The number of nitrogens with zero attached hydrogens (tertiary/aromatic N) is 1. The standard InChI is InChI=1S/C17H15F3N2O3S/c1-10-12(16(24)25-2)4-3-5-13(10)22-14(23)9-26-15-7-6-11(8-21-15)17(18,19)20/h3-8H,9H2,1-2H3,(H,22,23). The third-order valence-electron chi connectivity index (χ3n) is 3.43. The maximum absolute atomic E-state index is 12.5.